The van der Waals surface area contributed by atoms with Gasteiger partial charge in [0.25, 0.3) is 0 Å². The lowest BCUT2D eigenvalue weighted by atomic mass is 10.3. The largest absolute Gasteiger partial charge is 0.461 e. The number of fused-ring (bicyclic) bond motifs is 1. The summed E-state index contributed by atoms with van der Waals surface area (Å²) in [5, 5.41) is 0. The summed E-state index contributed by atoms with van der Waals surface area (Å²) < 4.78 is 6.62. The number of pyridine rings is 1. The highest BCUT2D eigenvalue weighted by molar-refractivity contribution is 5.88. The molecule has 4 heteroatoms. The normalized spacial score (nSPS) is 10.4. The van der Waals surface area contributed by atoms with Crippen molar-refractivity contribution in [1.29, 1.82) is 0 Å². The van der Waals surface area contributed by atoms with Crippen molar-refractivity contribution in [3.8, 4) is 0 Å². The van der Waals surface area contributed by atoms with E-state index in [9.17, 15) is 4.79 Å². The number of imidazole rings is 1. The number of carbonyl (C=O) groups excluding carboxylic acids is 1. The van der Waals surface area contributed by atoms with Crippen molar-refractivity contribution in [2.45, 2.75) is 6.92 Å². The molecule has 0 bridgehead atoms. The molecule has 0 spiro atoms. The molecular weight excluding hydrogens is 180 g/mol. The maximum atomic E-state index is 11.5. The standard InChI is InChI=1S/C10H10N2O2/c1-2-14-10(13)8-4-3-5-9-11-6-7-12(8)9/h3-7H,2H2,1H3. The summed E-state index contributed by atoms with van der Waals surface area (Å²) in [6.45, 7) is 2.16. The Morgan fingerprint density at radius 1 is 1.57 bits per heavy atom. The van der Waals surface area contributed by atoms with E-state index in [1.807, 2.05) is 6.07 Å². The Bertz CT molecular complexity index is 462. The molecule has 72 valence electrons. The van der Waals surface area contributed by atoms with E-state index in [1.165, 1.54) is 0 Å². The van der Waals surface area contributed by atoms with Crippen LogP contribution in [0.2, 0.25) is 0 Å². The molecule has 14 heavy (non-hydrogen) atoms. The minimum absolute atomic E-state index is 0.323. The van der Waals surface area contributed by atoms with Gasteiger partial charge in [-0.15, -0.1) is 0 Å². The number of hydrogen-bond acceptors (Lipinski definition) is 3. The second-order valence-electron chi connectivity index (χ2n) is 2.79. The highest BCUT2D eigenvalue weighted by atomic mass is 16.5. The molecule has 0 amide bonds. The molecule has 0 aromatic carbocycles. The van der Waals surface area contributed by atoms with E-state index in [0.717, 1.165) is 5.65 Å². The highest BCUT2D eigenvalue weighted by Gasteiger charge is 2.09. The lowest BCUT2D eigenvalue weighted by Gasteiger charge is -2.03. The number of aromatic nitrogens is 2. The third-order valence-electron chi connectivity index (χ3n) is 1.91. The van der Waals surface area contributed by atoms with Crippen molar-refractivity contribution < 1.29 is 9.53 Å². The average Bonchev–Trinajstić information content (AvgIpc) is 2.65. The summed E-state index contributed by atoms with van der Waals surface area (Å²) in [5.74, 6) is -0.323. The van der Waals surface area contributed by atoms with E-state index in [1.54, 1.807) is 35.9 Å². The van der Waals surface area contributed by atoms with Crippen molar-refractivity contribution in [2.24, 2.45) is 0 Å². The first-order valence-corrected chi connectivity index (χ1v) is 4.42. The van der Waals surface area contributed by atoms with Crippen LogP contribution < -0.4 is 0 Å². The summed E-state index contributed by atoms with van der Waals surface area (Å²) in [6, 6.07) is 5.34. The van der Waals surface area contributed by atoms with Crippen molar-refractivity contribution in [3.63, 3.8) is 0 Å². The molecule has 0 aliphatic rings. The van der Waals surface area contributed by atoms with Crippen LogP contribution in [0.15, 0.2) is 30.6 Å². The van der Waals surface area contributed by atoms with Crippen LogP contribution in [0.5, 0.6) is 0 Å². The molecule has 0 aliphatic carbocycles. The molecule has 0 fully saturated rings. The number of esters is 1. The van der Waals surface area contributed by atoms with Crippen LogP contribution >= 0.6 is 0 Å². The highest BCUT2D eigenvalue weighted by Crippen LogP contribution is 2.06. The smallest absolute Gasteiger partial charge is 0.355 e. The van der Waals surface area contributed by atoms with Gasteiger partial charge in [0.2, 0.25) is 0 Å². The first-order chi connectivity index (χ1) is 6.83. The Labute approximate surface area is 81.1 Å². The first-order valence-electron chi connectivity index (χ1n) is 4.42. The number of ether oxygens (including phenoxy) is 1. The molecule has 0 atom stereocenters. The van der Waals surface area contributed by atoms with Crippen LogP contribution in [-0.4, -0.2) is 22.0 Å². The van der Waals surface area contributed by atoms with Gasteiger partial charge in [0, 0.05) is 12.4 Å². The van der Waals surface area contributed by atoms with Crippen LogP contribution in [-0.2, 0) is 4.74 Å². The maximum Gasteiger partial charge on any atom is 0.355 e. The summed E-state index contributed by atoms with van der Waals surface area (Å²) in [4.78, 5) is 15.6. The van der Waals surface area contributed by atoms with Gasteiger partial charge in [-0.1, -0.05) is 6.07 Å². The molecule has 0 unspecified atom stereocenters. The molecule has 0 radical (unpaired) electrons. The summed E-state index contributed by atoms with van der Waals surface area (Å²) >= 11 is 0. The predicted octanol–water partition coefficient (Wildman–Crippen LogP) is 1.51. The van der Waals surface area contributed by atoms with E-state index in [2.05, 4.69) is 4.98 Å². The zero-order chi connectivity index (χ0) is 9.97. The van der Waals surface area contributed by atoms with Gasteiger partial charge in [0.1, 0.15) is 11.3 Å². The topological polar surface area (TPSA) is 43.6 Å². The zero-order valence-corrected chi connectivity index (χ0v) is 7.80. The predicted molar refractivity (Wildman–Crippen MR) is 51.1 cm³/mol. The zero-order valence-electron chi connectivity index (χ0n) is 7.80. The monoisotopic (exact) mass is 190 g/mol. The van der Waals surface area contributed by atoms with Gasteiger partial charge in [0.05, 0.1) is 6.61 Å². The molecule has 2 aromatic rings. The summed E-state index contributed by atoms with van der Waals surface area (Å²) in [6.07, 6.45) is 3.39. The summed E-state index contributed by atoms with van der Waals surface area (Å²) in [7, 11) is 0. The molecule has 2 rings (SSSR count). The van der Waals surface area contributed by atoms with Crippen molar-refractivity contribution in [2.75, 3.05) is 6.61 Å². The minimum Gasteiger partial charge on any atom is -0.461 e. The van der Waals surface area contributed by atoms with Crippen molar-refractivity contribution in [1.82, 2.24) is 9.38 Å². The fraction of sp³-hybridized carbons (Fsp3) is 0.200. The van der Waals surface area contributed by atoms with E-state index in [4.69, 9.17) is 4.74 Å². The maximum absolute atomic E-state index is 11.5. The van der Waals surface area contributed by atoms with E-state index in [0.29, 0.717) is 12.3 Å². The fourth-order valence-corrected chi connectivity index (χ4v) is 1.32. The lowest BCUT2D eigenvalue weighted by molar-refractivity contribution is 0.0517. The Hall–Kier alpha value is -1.84. The van der Waals surface area contributed by atoms with Gasteiger partial charge in [-0.25, -0.2) is 9.78 Å². The number of rotatable bonds is 2. The molecule has 2 heterocycles. The molecular formula is C10H10N2O2. The minimum atomic E-state index is -0.323. The van der Waals surface area contributed by atoms with Gasteiger partial charge in [0.15, 0.2) is 0 Å². The van der Waals surface area contributed by atoms with Crippen LogP contribution in [0.1, 0.15) is 17.4 Å². The number of carbonyl (C=O) groups is 1. The van der Waals surface area contributed by atoms with Gasteiger partial charge in [-0.05, 0) is 19.1 Å². The van der Waals surface area contributed by atoms with E-state index >= 15 is 0 Å². The van der Waals surface area contributed by atoms with Crippen molar-refractivity contribution >= 4 is 11.6 Å². The van der Waals surface area contributed by atoms with Crippen LogP contribution in [0.3, 0.4) is 0 Å². The number of hydrogen-bond donors (Lipinski definition) is 0. The van der Waals surface area contributed by atoms with Gasteiger partial charge in [-0.3, -0.25) is 4.40 Å². The lowest BCUT2D eigenvalue weighted by Crippen LogP contribution is -2.09. The van der Waals surface area contributed by atoms with Crippen LogP contribution in [0.25, 0.3) is 5.65 Å². The molecule has 0 saturated heterocycles. The fourth-order valence-electron chi connectivity index (χ4n) is 1.32. The van der Waals surface area contributed by atoms with Crippen LogP contribution in [0.4, 0.5) is 0 Å². The molecule has 0 aliphatic heterocycles. The second-order valence-corrected chi connectivity index (χ2v) is 2.79. The third-order valence-corrected chi connectivity index (χ3v) is 1.91. The van der Waals surface area contributed by atoms with E-state index in [-0.39, 0.29) is 5.97 Å². The molecule has 2 aromatic heterocycles. The number of nitrogens with zero attached hydrogens (tertiary/aromatic N) is 2. The second kappa shape index (κ2) is 3.49. The molecule has 0 N–H and O–H groups in total. The first kappa shape index (κ1) is 8.74. The SMILES string of the molecule is CCOC(=O)c1cccc2nccn12. The third kappa shape index (κ3) is 1.35. The van der Waals surface area contributed by atoms with E-state index < -0.39 is 0 Å². The molecule has 0 saturated carbocycles. The average molecular weight is 190 g/mol. The summed E-state index contributed by atoms with van der Waals surface area (Å²) in [5.41, 5.74) is 1.25. The quantitative estimate of drug-likeness (QED) is 0.674. The Balaban J connectivity index is 2.50. The van der Waals surface area contributed by atoms with Crippen molar-refractivity contribution in [3.05, 3.63) is 36.3 Å². The Kier molecular flexibility index (Phi) is 2.18. The van der Waals surface area contributed by atoms with Crippen LogP contribution in [0, 0.1) is 0 Å². The van der Waals surface area contributed by atoms with Gasteiger partial charge in [-0.2, -0.15) is 0 Å². The van der Waals surface area contributed by atoms with Gasteiger partial charge >= 0.3 is 5.97 Å². The van der Waals surface area contributed by atoms with Gasteiger partial charge < -0.3 is 4.74 Å². The molecule has 4 nitrogen and oxygen atoms in total. The Morgan fingerprint density at radius 2 is 2.43 bits per heavy atom. The Morgan fingerprint density at radius 3 is 3.21 bits per heavy atom.